The van der Waals surface area contributed by atoms with Gasteiger partial charge in [0.1, 0.15) is 5.82 Å². The molecule has 140 valence electrons. The van der Waals surface area contributed by atoms with Crippen LogP contribution >= 0.6 is 11.5 Å². The normalized spacial score (nSPS) is 21.2. The molecule has 1 unspecified atom stereocenters. The third kappa shape index (κ3) is 3.41. The zero-order valence-corrected chi connectivity index (χ0v) is 16.6. The molecule has 1 aliphatic heterocycles. The predicted octanol–water partition coefficient (Wildman–Crippen LogP) is 3.33. The predicted molar refractivity (Wildman–Crippen MR) is 104 cm³/mol. The van der Waals surface area contributed by atoms with E-state index < -0.39 is 0 Å². The Balaban J connectivity index is 1.54. The van der Waals surface area contributed by atoms with E-state index in [2.05, 4.69) is 35.1 Å². The molecule has 6 nitrogen and oxygen atoms in total. The Bertz CT molecular complexity index is 833. The number of hydrogen-bond donors (Lipinski definition) is 0. The Hall–Kier alpha value is -1.76. The number of rotatable bonds is 4. The van der Waals surface area contributed by atoms with E-state index in [1.54, 1.807) is 10.7 Å². The molecule has 3 heterocycles. The lowest BCUT2D eigenvalue weighted by atomic mass is 9.85. The second kappa shape index (κ2) is 6.76. The Kier molecular flexibility index (Phi) is 4.59. The van der Waals surface area contributed by atoms with E-state index in [0.717, 1.165) is 36.0 Å². The summed E-state index contributed by atoms with van der Waals surface area (Å²) in [5.74, 6) is 1.58. The van der Waals surface area contributed by atoms with E-state index in [1.807, 2.05) is 6.07 Å². The van der Waals surface area contributed by atoms with Crippen LogP contribution < -0.4 is 10.5 Å². The highest BCUT2D eigenvalue weighted by atomic mass is 32.1. The summed E-state index contributed by atoms with van der Waals surface area (Å²) >= 11 is 1.51. The van der Waals surface area contributed by atoms with Crippen molar-refractivity contribution in [1.29, 1.82) is 0 Å². The molecule has 0 aromatic carbocycles. The molecule has 1 atom stereocenters. The van der Waals surface area contributed by atoms with Crippen molar-refractivity contribution in [3.05, 3.63) is 34.0 Å². The Morgan fingerprint density at radius 3 is 2.69 bits per heavy atom. The summed E-state index contributed by atoms with van der Waals surface area (Å²) in [6.07, 6.45) is 5.92. The summed E-state index contributed by atoms with van der Waals surface area (Å²) in [7, 11) is 0. The number of anilines is 1. The molecule has 2 fully saturated rings. The van der Waals surface area contributed by atoms with Gasteiger partial charge in [-0.1, -0.05) is 27.2 Å². The van der Waals surface area contributed by atoms with Gasteiger partial charge in [-0.2, -0.15) is 9.47 Å². The summed E-state index contributed by atoms with van der Waals surface area (Å²) in [6.45, 7) is 7.96. The lowest BCUT2D eigenvalue weighted by Crippen LogP contribution is -2.38. The van der Waals surface area contributed by atoms with E-state index >= 15 is 0 Å². The molecule has 1 saturated heterocycles. The van der Waals surface area contributed by atoms with Gasteiger partial charge < -0.3 is 4.90 Å². The van der Waals surface area contributed by atoms with Crippen LogP contribution in [-0.2, 0) is 12.0 Å². The van der Waals surface area contributed by atoms with E-state index in [4.69, 9.17) is 4.98 Å². The molecule has 0 bridgehead atoms. The summed E-state index contributed by atoms with van der Waals surface area (Å²) in [5, 5.41) is 5.64. The average Bonchev–Trinajstić information content (AvgIpc) is 3.16. The molecule has 0 N–H and O–H groups in total. The highest BCUT2D eigenvalue weighted by molar-refractivity contribution is 7.09. The van der Waals surface area contributed by atoms with Gasteiger partial charge in [0.2, 0.25) is 5.13 Å². The average molecular weight is 374 g/mol. The first kappa shape index (κ1) is 17.6. The zero-order valence-electron chi connectivity index (χ0n) is 15.8. The molecule has 7 heteroatoms. The van der Waals surface area contributed by atoms with Crippen molar-refractivity contribution in [3.8, 4) is 0 Å². The van der Waals surface area contributed by atoms with Gasteiger partial charge in [0, 0.05) is 35.5 Å². The van der Waals surface area contributed by atoms with Gasteiger partial charge in [0.15, 0.2) is 0 Å². The van der Waals surface area contributed by atoms with Crippen molar-refractivity contribution in [2.24, 2.45) is 0 Å². The quantitative estimate of drug-likeness (QED) is 0.822. The van der Waals surface area contributed by atoms with Crippen molar-refractivity contribution in [2.75, 3.05) is 11.4 Å². The first-order chi connectivity index (χ1) is 12.4. The number of hydrogen-bond acceptors (Lipinski definition) is 6. The minimum absolute atomic E-state index is 0.0303. The monoisotopic (exact) mass is 373 g/mol. The zero-order chi connectivity index (χ0) is 18.3. The van der Waals surface area contributed by atoms with Crippen LogP contribution in [0.25, 0.3) is 0 Å². The Labute approximate surface area is 158 Å². The fourth-order valence-electron chi connectivity index (χ4n) is 3.63. The molecule has 1 aliphatic carbocycles. The maximum Gasteiger partial charge on any atom is 0.266 e. The molecule has 2 aromatic rings. The molecule has 1 saturated carbocycles. The first-order valence-electron chi connectivity index (χ1n) is 9.61. The first-order valence-corrected chi connectivity index (χ1v) is 10.4. The minimum atomic E-state index is -0.0677. The lowest BCUT2D eigenvalue weighted by molar-refractivity contribution is 0.404. The molecular formula is C19H27N5OS. The van der Waals surface area contributed by atoms with E-state index in [9.17, 15) is 4.79 Å². The summed E-state index contributed by atoms with van der Waals surface area (Å²) < 4.78 is 6.23. The van der Waals surface area contributed by atoms with Gasteiger partial charge in [-0.05, 0) is 31.7 Å². The SMILES string of the molecule is CC(C)(C)c1ccc(=O)n(CC2CCCN2c2nc(C3CCC3)ns2)n1. The molecule has 2 aliphatic rings. The van der Waals surface area contributed by atoms with Crippen LogP contribution in [0.3, 0.4) is 0 Å². The van der Waals surface area contributed by atoms with Gasteiger partial charge in [0.25, 0.3) is 5.56 Å². The molecule has 0 radical (unpaired) electrons. The highest BCUT2D eigenvalue weighted by Gasteiger charge is 2.30. The van der Waals surface area contributed by atoms with Crippen LogP contribution in [0.5, 0.6) is 0 Å². The number of nitrogens with zero attached hydrogens (tertiary/aromatic N) is 5. The summed E-state index contributed by atoms with van der Waals surface area (Å²) in [4.78, 5) is 19.5. The fourth-order valence-corrected chi connectivity index (χ4v) is 4.48. The summed E-state index contributed by atoms with van der Waals surface area (Å²) in [6, 6.07) is 3.76. The van der Waals surface area contributed by atoms with E-state index in [1.165, 1.54) is 30.8 Å². The van der Waals surface area contributed by atoms with Crippen LogP contribution in [0, 0.1) is 0 Å². The maximum atomic E-state index is 12.3. The van der Waals surface area contributed by atoms with Crippen LogP contribution in [0.2, 0.25) is 0 Å². The van der Waals surface area contributed by atoms with Crippen molar-refractivity contribution >= 4 is 16.7 Å². The van der Waals surface area contributed by atoms with Crippen LogP contribution in [0.1, 0.15) is 70.3 Å². The number of aromatic nitrogens is 4. The molecule has 4 rings (SSSR count). The highest BCUT2D eigenvalue weighted by Crippen LogP contribution is 2.37. The van der Waals surface area contributed by atoms with Gasteiger partial charge in [0.05, 0.1) is 18.3 Å². The van der Waals surface area contributed by atoms with Gasteiger partial charge >= 0.3 is 0 Å². The third-order valence-electron chi connectivity index (χ3n) is 5.54. The molecule has 2 aromatic heterocycles. The fraction of sp³-hybridized carbons (Fsp3) is 0.684. The van der Waals surface area contributed by atoms with Crippen molar-refractivity contribution < 1.29 is 0 Å². The van der Waals surface area contributed by atoms with Crippen molar-refractivity contribution in [1.82, 2.24) is 19.1 Å². The Morgan fingerprint density at radius 1 is 1.19 bits per heavy atom. The molecule has 26 heavy (non-hydrogen) atoms. The van der Waals surface area contributed by atoms with E-state index in [-0.39, 0.29) is 17.0 Å². The second-order valence-corrected chi connectivity index (χ2v) is 9.27. The lowest BCUT2D eigenvalue weighted by Gasteiger charge is -2.25. The molecule has 0 spiro atoms. The van der Waals surface area contributed by atoms with Crippen LogP contribution in [0.4, 0.5) is 5.13 Å². The molecular weight excluding hydrogens is 346 g/mol. The van der Waals surface area contributed by atoms with Crippen molar-refractivity contribution in [2.45, 2.75) is 76.8 Å². The minimum Gasteiger partial charge on any atom is -0.342 e. The van der Waals surface area contributed by atoms with Crippen LogP contribution in [-0.4, -0.2) is 31.7 Å². The summed E-state index contributed by atoms with van der Waals surface area (Å²) in [5.41, 5.74) is 0.851. The largest absolute Gasteiger partial charge is 0.342 e. The van der Waals surface area contributed by atoms with Gasteiger partial charge in [-0.15, -0.1) is 0 Å². The van der Waals surface area contributed by atoms with Crippen LogP contribution in [0.15, 0.2) is 16.9 Å². The topological polar surface area (TPSA) is 63.9 Å². The third-order valence-corrected chi connectivity index (χ3v) is 6.31. The van der Waals surface area contributed by atoms with Gasteiger partial charge in [-0.3, -0.25) is 4.79 Å². The van der Waals surface area contributed by atoms with E-state index in [0.29, 0.717) is 12.5 Å². The second-order valence-electron chi connectivity index (χ2n) is 8.54. The van der Waals surface area contributed by atoms with Crippen molar-refractivity contribution in [3.63, 3.8) is 0 Å². The maximum absolute atomic E-state index is 12.3. The van der Waals surface area contributed by atoms with Gasteiger partial charge in [-0.25, -0.2) is 9.67 Å². The smallest absolute Gasteiger partial charge is 0.266 e. The molecule has 0 amide bonds. The standard InChI is InChI=1S/C19H27N5OS/c1-19(2,3)15-9-10-16(25)24(21-15)12-14-8-5-11-23(14)18-20-17(22-26-18)13-6-4-7-13/h9-10,13-14H,4-8,11-12H2,1-3H3. The Morgan fingerprint density at radius 2 is 2.00 bits per heavy atom.